The number of thioether (sulfide) groups is 1. The van der Waals surface area contributed by atoms with Crippen LogP contribution in [0, 0.1) is 6.92 Å². The molecular weight excluding hydrogens is 352 g/mol. The third-order valence-electron chi connectivity index (χ3n) is 3.81. The zero-order chi connectivity index (χ0) is 17.8. The normalized spacial score (nSPS) is 12.1. The average Bonchev–Trinajstić information content (AvgIpc) is 3.24. The van der Waals surface area contributed by atoms with Crippen molar-refractivity contribution in [2.24, 2.45) is 7.05 Å². The molecule has 0 spiro atoms. The summed E-state index contributed by atoms with van der Waals surface area (Å²) in [7, 11) is 1.92. The molecule has 0 aliphatic carbocycles. The highest BCUT2D eigenvalue weighted by molar-refractivity contribution is 8.00. The molecule has 1 N–H and O–H groups in total. The third kappa shape index (κ3) is 4.29. The van der Waals surface area contributed by atoms with Gasteiger partial charge >= 0.3 is 0 Å². The molecule has 1 aromatic carbocycles. The largest absolute Gasteiger partial charge is 0.350 e. The van der Waals surface area contributed by atoms with Crippen molar-refractivity contribution in [2.45, 2.75) is 30.8 Å². The molecule has 3 aromatic rings. The lowest BCUT2D eigenvalue weighted by molar-refractivity contribution is -0.120. The summed E-state index contributed by atoms with van der Waals surface area (Å²) in [6, 6.07) is 12.2. The summed E-state index contributed by atoms with van der Waals surface area (Å²) in [5.41, 5.74) is 2.22. The van der Waals surface area contributed by atoms with E-state index in [-0.39, 0.29) is 11.2 Å². The molecule has 0 bridgehead atoms. The predicted molar refractivity (Wildman–Crippen MR) is 103 cm³/mol. The van der Waals surface area contributed by atoms with E-state index in [4.69, 9.17) is 0 Å². The molecule has 0 fully saturated rings. The molecule has 0 saturated carbocycles. The van der Waals surface area contributed by atoms with Gasteiger partial charge in [-0.15, -0.1) is 21.5 Å². The minimum absolute atomic E-state index is 0.00159. The van der Waals surface area contributed by atoms with E-state index >= 15 is 0 Å². The van der Waals surface area contributed by atoms with Gasteiger partial charge < -0.3 is 9.88 Å². The maximum absolute atomic E-state index is 12.3. The number of hydrogen-bond donors (Lipinski definition) is 1. The van der Waals surface area contributed by atoms with Crippen LogP contribution in [-0.2, 0) is 18.4 Å². The average molecular weight is 373 g/mol. The number of thiophene rings is 1. The standard InChI is InChI=1S/C18H20N4OS2/c1-12-6-8-14(9-7-12)16-20-21-18(22(16)3)25-13(2)17(23)19-11-15-5-4-10-24-15/h4-10,13H,11H2,1-3H3,(H,19,23). The Balaban J connectivity index is 1.64. The number of nitrogens with one attached hydrogen (secondary N) is 1. The second-order valence-corrected chi connectivity index (χ2v) is 8.13. The van der Waals surface area contributed by atoms with Gasteiger partial charge in [0.25, 0.3) is 0 Å². The summed E-state index contributed by atoms with van der Waals surface area (Å²) in [4.78, 5) is 13.4. The smallest absolute Gasteiger partial charge is 0.233 e. The van der Waals surface area contributed by atoms with E-state index in [0.29, 0.717) is 6.54 Å². The van der Waals surface area contributed by atoms with Crippen molar-refractivity contribution in [3.05, 3.63) is 52.2 Å². The van der Waals surface area contributed by atoms with Gasteiger partial charge in [-0.05, 0) is 25.3 Å². The second-order valence-electron chi connectivity index (χ2n) is 5.79. The van der Waals surface area contributed by atoms with E-state index in [1.54, 1.807) is 11.3 Å². The van der Waals surface area contributed by atoms with Crippen molar-refractivity contribution in [3.63, 3.8) is 0 Å². The maximum atomic E-state index is 12.3. The van der Waals surface area contributed by atoms with Gasteiger partial charge in [-0.2, -0.15) is 0 Å². The van der Waals surface area contributed by atoms with Crippen LogP contribution in [-0.4, -0.2) is 25.9 Å². The van der Waals surface area contributed by atoms with Gasteiger partial charge in [-0.25, -0.2) is 0 Å². The molecule has 7 heteroatoms. The highest BCUT2D eigenvalue weighted by Crippen LogP contribution is 2.26. The number of aromatic nitrogens is 3. The zero-order valence-corrected chi connectivity index (χ0v) is 16.0. The lowest BCUT2D eigenvalue weighted by Crippen LogP contribution is -2.30. The number of rotatable bonds is 6. The third-order valence-corrected chi connectivity index (χ3v) is 5.82. The van der Waals surface area contributed by atoms with Crippen LogP contribution in [0.25, 0.3) is 11.4 Å². The Morgan fingerprint density at radius 2 is 2.04 bits per heavy atom. The van der Waals surface area contributed by atoms with E-state index in [2.05, 4.69) is 34.6 Å². The molecule has 0 radical (unpaired) electrons. The van der Waals surface area contributed by atoms with Crippen LogP contribution < -0.4 is 5.32 Å². The lowest BCUT2D eigenvalue weighted by atomic mass is 10.1. The summed E-state index contributed by atoms with van der Waals surface area (Å²) in [6.07, 6.45) is 0. The minimum atomic E-state index is -0.242. The van der Waals surface area contributed by atoms with Crippen molar-refractivity contribution in [2.75, 3.05) is 0 Å². The van der Waals surface area contributed by atoms with Gasteiger partial charge in [0, 0.05) is 17.5 Å². The summed E-state index contributed by atoms with van der Waals surface area (Å²) in [5, 5.41) is 14.0. The summed E-state index contributed by atoms with van der Waals surface area (Å²) >= 11 is 3.05. The van der Waals surface area contributed by atoms with Crippen molar-refractivity contribution in [1.82, 2.24) is 20.1 Å². The van der Waals surface area contributed by atoms with Crippen molar-refractivity contribution >= 4 is 29.0 Å². The number of nitrogens with zero attached hydrogens (tertiary/aromatic N) is 3. The minimum Gasteiger partial charge on any atom is -0.350 e. The van der Waals surface area contributed by atoms with Crippen LogP contribution in [0.5, 0.6) is 0 Å². The summed E-state index contributed by atoms with van der Waals surface area (Å²) < 4.78 is 1.93. The Morgan fingerprint density at radius 3 is 2.72 bits per heavy atom. The van der Waals surface area contributed by atoms with Crippen LogP contribution in [0.1, 0.15) is 17.4 Å². The monoisotopic (exact) mass is 372 g/mol. The van der Waals surface area contributed by atoms with Crippen molar-refractivity contribution < 1.29 is 4.79 Å². The van der Waals surface area contributed by atoms with Gasteiger partial charge in [0.15, 0.2) is 11.0 Å². The quantitative estimate of drug-likeness (QED) is 0.671. The molecule has 1 atom stereocenters. The zero-order valence-electron chi connectivity index (χ0n) is 14.4. The first-order valence-electron chi connectivity index (χ1n) is 7.98. The highest BCUT2D eigenvalue weighted by Gasteiger charge is 2.19. The van der Waals surface area contributed by atoms with Crippen molar-refractivity contribution in [3.8, 4) is 11.4 Å². The molecule has 0 saturated heterocycles. The van der Waals surface area contributed by atoms with E-state index in [1.165, 1.54) is 17.3 Å². The number of aryl methyl sites for hydroxylation is 1. The fraction of sp³-hybridized carbons (Fsp3) is 0.278. The Morgan fingerprint density at radius 1 is 1.28 bits per heavy atom. The fourth-order valence-electron chi connectivity index (χ4n) is 2.31. The second kappa shape index (κ2) is 7.84. The van der Waals surface area contributed by atoms with Crippen LogP contribution in [0.2, 0.25) is 0 Å². The predicted octanol–water partition coefficient (Wildman–Crippen LogP) is 3.65. The molecule has 2 heterocycles. The molecule has 3 rings (SSSR count). The molecule has 1 amide bonds. The van der Waals surface area contributed by atoms with Gasteiger partial charge in [0.05, 0.1) is 11.8 Å². The van der Waals surface area contributed by atoms with Crippen LogP contribution in [0.3, 0.4) is 0 Å². The number of hydrogen-bond acceptors (Lipinski definition) is 5. The van der Waals surface area contributed by atoms with Gasteiger partial charge in [-0.3, -0.25) is 4.79 Å². The maximum Gasteiger partial charge on any atom is 0.233 e. The topological polar surface area (TPSA) is 59.8 Å². The molecule has 5 nitrogen and oxygen atoms in total. The fourth-order valence-corrected chi connectivity index (χ4v) is 3.80. The first kappa shape index (κ1) is 17.7. The van der Waals surface area contributed by atoms with Crippen molar-refractivity contribution in [1.29, 1.82) is 0 Å². The first-order chi connectivity index (χ1) is 12.0. The molecular formula is C18H20N4OS2. The summed E-state index contributed by atoms with van der Waals surface area (Å²) in [5.74, 6) is 0.798. The van der Waals surface area contributed by atoms with Crippen LogP contribution in [0.4, 0.5) is 0 Å². The van der Waals surface area contributed by atoms with Gasteiger partial charge in [0.1, 0.15) is 0 Å². The SMILES string of the molecule is Cc1ccc(-c2nnc(SC(C)C(=O)NCc3cccs3)n2C)cc1. The summed E-state index contributed by atoms with van der Waals surface area (Å²) in [6.45, 7) is 4.50. The first-order valence-corrected chi connectivity index (χ1v) is 9.73. The van der Waals surface area contributed by atoms with E-state index in [0.717, 1.165) is 21.4 Å². The molecule has 1 unspecified atom stereocenters. The number of carbonyl (C=O) groups excluding carboxylic acids is 1. The number of amides is 1. The number of benzene rings is 1. The van der Waals surface area contributed by atoms with Crippen LogP contribution in [0.15, 0.2) is 46.9 Å². The molecule has 2 aromatic heterocycles. The Hall–Kier alpha value is -2.12. The van der Waals surface area contributed by atoms with Gasteiger partial charge in [-0.1, -0.05) is 47.7 Å². The van der Waals surface area contributed by atoms with Crippen LogP contribution >= 0.6 is 23.1 Å². The Bertz CT molecular complexity index is 841. The van der Waals surface area contributed by atoms with E-state index in [1.807, 2.05) is 48.2 Å². The Labute approximate surface area is 155 Å². The van der Waals surface area contributed by atoms with E-state index < -0.39 is 0 Å². The highest BCUT2D eigenvalue weighted by atomic mass is 32.2. The molecule has 130 valence electrons. The Kier molecular flexibility index (Phi) is 5.55. The molecule has 25 heavy (non-hydrogen) atoms. The molecule has 0 aliphatic heterocycles. The number of carbonyl (C=O) groups is 1. The lowest BCUT2D eigenvalue weighted by Gasteiger charge is -2.11. The van der Waals surface area contributed by atoms with Gasteiger partial charge in [0.2, 0.25) is 5.91 Å². The van der Waals surface area contributed by atoms with E-state index in [9.17, 15) is 4.79 Å². The molecule has 0 aliphatic rings.